The molecule has 53 heteroatoms. The second-order valence-corrected chi connectivity index (χ2v) is 31.5. The van der Waals surface area contributed by atoms with Crippen LogP contribution in [0.1, 0.15) is 18.3 Å². The van der Waals surface area contributed by atoms with Gasteiger partial charge in [-0.25, -0.2) is 47.0 Å². The van der Waals surface area contributed by atoms with Gasteiger partial charge in [0.2, 0.25) is 28.4 Å². The fraction of sp³-hybridized carbons (Fsp3) is 0.160. The van der Waals surface area contributed by atoms with Crippen LogP contribution in [0, 0.1) is 0 Å². The number of anilines is 4. The Kier molecular flexibility index (Phi) is 26.8. The maximum Gasteiger partial charge on any atom is 0.397 e. The van der Waals surface area contributed by atoms with Gasteiger partial charge < -0.3 is 26.2 Å². The number of benzene rings is 7. The highest BCUT2D eigenvalue weighted by molar-refractivity contribution is 7.95. The molecule has 1 unspecified atom stereocenters. The molecule has 0 aliphatic rings. The number of aromatic nitrogens is 6. The van der Waals surface area contributed by atoms with Crippen molar-refractivity contribution in [1.82, 2.24) is 29.9 Å². The van der Waals surface area contributed by atoms with Gasteiger partial charge in [0, 0.05) is 40.1 Å². The first-order chi connectivity index (χ1) is 48.8. The Balaban J connectivity index is 0.975. The Morgan fingerprint density at radius 3 is 1.88 bits per heavy atom. The minimum absolute atomic E-state index is 0.0497. The van der Waals surface area contributed by atoms with Crippen LogP contribution >= 0.6 is 71.7 Å². The van der Waals surface area contributed by atoms with Crippen molar-refractivity contribution < 1.29 is 133 Å². The molecule has 9 aromatic rings. The van der Waals surface area contributed by atoms with Gasteiger partial charge in [0.25, 0.3) is 20.2 Å². The summed E-state index contributed by atoms with van der Waals surface area (Å²) in [5.74, 6) is -3.96. The minimum Gasteiger partial charge on any atom is -0.505 e. The zero-order valence-corrected chi connectivity index (χ0v) is 59.4. The van der Waals surface area contributed by atoms with E-state index in [9.17, 15) is 61.4 Å². The van der Waals surface area contributed by atoms with Crippen LogP contribution in [0.5, 0.6) is 11.5 Å². The van der Waals surface area contributed by atoms with Crippen molar-refractivity contribution in [3.05, 3.63) is 113 Å². The number of sulfone groups is 2. The van der Waals surface area contributed by atoms with Crippen molar-refractivity contribution >= 4 is 201 Å². The lowest BCUT2D eigenvalue weighted by molar-refractivity contribution is -0.434. The molecule has 2 heterocycles. The van der Waals surface area contributed by atoms with E-state index in [1.165, 1.54) is 48.5 Å². The predicted octanol–water partition coefficient (Wildman–Crippen LogP) is 10.5. The number of fused-ring (bicyclic) bond motifs is 3. The third-order valence-electron chi connectivity index (χ3n) is 13.3. The van der Waals surface area contributed by atoms with E-state index < -0.39 is 118 Å². The second-order valence-electron chi connectivity index (χ2n) is 20.0. The van der Waals surface area contributed by atoms with Crippen LogP contribution in [0.2, 0.25) is 10.6 Å². The number of halogens is 2. The number of phenols is 2. The van der Waals surface area contributed by atoms with Gasteiger partial charge in [0.15, 0.2) is 43.5 Å². The van der Waals surface area contributed by atoms with Crippen LogP contribution in [-0.2, 0) is 103 Å². The highest BCUT2D eigenvalue weighted by Gasteiger charge is 2.28. The van der Waals surface area contributed by atoms with Crippen molar-refractivity contribution in [2.45, 2.75) is 53.7 Å². The van der Waals surface area contributed by atoms with Crippen molar-refractivity contribution in [2.75, 3.05) is 47.2 Å². The molecule has 7 aromatic carbocycles. The number of nitrogens with zero attached hydrogens (tertiary/aromatic N) is 10. The van der Waals surface area contributed by atoms with Crippen LogP contribution in [0.3, 0.4) is 0 Å². The SMILES string of the molecule is CC(CNc1nc(Cl)nc(Cc2cc(SOOO)cc3cc(S(=O)(=O)O)c(N=Nc4ccc(S(=O)(=O)CCOS(=O)(=O)O)cc4)c(O)c23)n1)Nc1nc(Cl)nc(Nc2cc(S(=O)(=O)O)cc3cc(SOOO)c(N=Nc4ccc5cc(S(=O)(=O)CCOSOOO)ccc5c4SOOO)c(O)c23)n1. The summed E-state index contributed by atoms with van der Waals surface area (Å²) in [5, 5.41) is 98.2. The van der Waals surface area contributed by atoms with E-state index in [4.69, 9.17) is 57.3 Å². The number of azo groups is 2. The van der Waals surface area contributed by atoms with E-state index in [1.807, 2.05) is 0 Å². The standard InChI is InChI=1S/C50H43Cl2N13O29S9/c1-23(22-53-48-57-38(56-46(51)58-48)20-26-15-29(95-91-87-68)14-25-19-37(102(79,80)81)42(43(66)39(25)26)65-62-28-3-5-30(6-4-28)99(72,73)13-11-86-103(82,83)84)54-49-59-47(52)60-50(61-49)55-35-21-32(101(76,77)78)17-27-18-36(96-92-88-69)41(44(67)40(27)35)64-63-34-9-2-24-16-31(7-8-33(24)45(34)97-93-89-70)100(74,75)12-10-85-98-94-90-71/h2-9,14-19,21,23,66-71H,10-13,20,22H2,1H3,(H,76,77,78)(H,79,80,81)(H,82,83,84)(H,53,56,57,58)(H2,54,55,59,60,61). The molecule has 9 rings (SSSR count). The number of hydrogen-bond donors (Lipinski definition) is 12. The van der Waals surface area contributed by atoms with E-state index in [0.29, 0.717) is 24.1 Å². The highest BCUT2D eigenvalue weighted by Crippen LogP contribution is 2.49. The first-order valence-electron chi connectivity index (χ1n) is 27.3. The summed E-state index contributed by atoms with van der Waals surface area (Å²) in [7, 11) is -23.4. The molecule has 0 radical (unpaired) electrons. The lowest BCUT2D eigenvalue weighted by Gasteiger charge is -2.17. The zero-order chi connectivity index (χ0) is 74.6. The summed E-state index contributed by atoms with van der Waals surface area (Å²) in [6, 6.07) is 16.8. The molecular formula is C50H43Cl2N13O29S9. The molecule has 0 aliphatic carbocycles. The van der Waals surface area contributed by atoms with E-state index in [0.717, 1.165) is 42.5 Å². The molecule has 0 fully saturated rings. The summed E-state index contributed by atoms with van der Waals surface area (Å²) in [4.78, 5) is 23.0. The van der Waals surface area contributed by atoms with Crippen LogP contribution in [0.15, 0.2) is 146 Å². The maximum atomic E-state index is 13.1. The largest absolute Gasteiger partial charge is 0.505 e. The van der Waals surface area contributed by atoms with Gasteiger partial charge in [-0.2, -0.15) is 55.3 Å². The van der Waals surface area contributed by atoms with E-state index >= 15 is 0 Å². The van der Waals surface area contributed by atoms with E-state index in [1.54, 1.807) is 6.92 Å². The summed E-state index contributed by atoms with van der Waals surface area (Å²) < 4.78 is 181. The molecule has 103 heavy (non-hydrogen) atoms. The first kappa shape index (κ1) is 79.7. The molecule has 12 N–H and O–H groups in total. The molecule has 550 valence electrons. The van der Waals surface area contributed by atoms with Crippen LogP contribution in [0.4, 0.5) is 46.3 Å². The lowest BCUT2D eigenvalue weighted by atomic mass is 10.00. The molecule has 2 aromatic heterocycles. The van der Waals surface area contributed by atoms with E-state index in [-0.39, 0.29) is 146 Å². The highest BCUT2D eigenvalue weighted by atomic mass is 35.5. The molecule has 0 aliphatic heterocycles. The average molecular weight is 1650 g/mol. The predicted molar refractivity (Wildman–Crippen MR) is 359 cm³/mol. The number of aromatic hydroxyl groups is 2. The zero-order valence-electron chi connectivity index (χ0n) is 50.6. The summed E-state index contributed by atoms with van der Waals surface area (Å²) >= 11 is 14.0. The van der Waals surface area contributed by atoms with Crippen LogP contribution < -0.4 is 16.0 Å². The van der Waals surface area contributed by atoms with Gasteiger partial charge >= 0.3 is 10.4 Å². The smallest absolute Gasteiger partial charge is 0.397 e. The topological polar surface area (TPSA) is 608 Å². The average Bonchev–Trinajstić information content (AvgIpc) is 0.762. The maximum absolute atomic E-state index is 13.1. The molecule has 0 saturated heterocycles. The summed E-state index contributed by atoms with van der Waals surface area (Å²) in [5.41, 5.74) is -1.71. The van der Waals surface area contributed by atoms with Crippen LogP contribution in [0.25, 0.3) is 32.3 Å². The lowest BCUT2D eigenvalue weighted by Crippen LogP contribution is -2.27. The van der Waals surface area contributed by atoms with Gasteiger partial charge in [0.05, 0.1) is 96.7 Å². The molecule has 0 bridgehead atoms. The van der Waals surface area contributed by atoms with Crippen molar-refractivity contribution in [2.24, 2.45) is 20.5 Å². The minimum atomic E-state index is -5.23. The Labute approximate surface area is 604 Å². The van der Waals surface area contributed by atoms with E-state index in [2.05, 4.69) is 104 Å². The van der Waals surface area contributed by atoms with Crippen molar-refractivity contribution in [3.63, 3.8) is 0 Å². The normalized spacial score (nSPS) is 12.9. The van der Waals surface area contributed by atoms with Gasteiger partial charge in [-0.05, 0) is 131 Å². The quantitative estimate of drug-likeness (QED) is 0.00433. The summed E-state index contributed by atoms with van der Waals surface area (Å²) in [6.07, 6.45) is -0.362. The number of hydrogen-bond acceptors (Lipinski definition) is 43. The Bertz CT molecular complexity index is 5350. The fourth-order valence-corrected chi connectivity index (χ4v) is 15.1. The molecule has 0 spiro atoms. The van der Waals surface area contributed by atoms with Crippen molar-refractivity contribution in [3.8, 4) is 11.5 Å². The van der Waals surface area contributed by atoms with Gasteiger partial charge in [-0.15, -0.1) is 32.7 Å². The molecule has 1 atom stereocenters. The molecule has 0 amide bonds. The number of nitrogens with one attached hydrogen (secondary N) is 3. The van der Waals surface area contributed by atoms with Crippen LogP contribution in [-0.4, -0.2) is 154 Å². The van der Waals surface area contributed by atoms with Gasteiger partial charge in [-0.3, -0.25) is 17.8 Å². The molecule has 42 nitrogen and oxygen atoms in total. The van der Waals surface area contributed by atoms with Gasteiger partial charge in [0.1, 0.15) is 27.8 Å². The molecule has 0 saturated carbocycles. The molecular weight excluding hydrogens is 1610 g/mol. The Morgan fingerprint density at radius 1 is 0.563 bits per heavy atom. The fourth-order valence-electron chi connectivity index (χ4n) is 9.13. The van der Waals surface area contributed by atoms with Gasteiger partial charge in [-0.1, -0.05) is 32.3 Å². The third-order valence-corrected chi connectivity index (χ3v) is 21.4. The number of rotatable bonds is 36. The third kappa shape index (κ3) is 21.2. The second kappa shape index (κ2) is 34.7. The monoisotopic (exact) mass is 1650 g/mol. The Hall–Kier alpha value is -7.41. The Morgan fingerprint density at radius 2 is 1.18 bits per heavy atom. The number of phenolic OH excluding ortho intramolecular Hbond substituents is 2. The first-order valence-corrected chi connectivity index (χ1v) is 38.5. The summed E-state index contributed by atoms with van der Waals surface area (Å²) in [6.45, 7) is 0.230. The van der Waals surface area contributed by atoms with Crippen molar-refractivity contribution in [1.29, 1.82) is 0 Å².